The van der Waals surface area contributed by atoms with Crippen molar-refractivity contribution in [2.24, 2.45) is 0 Å². The number of halogens is 1. The number of ether oxygens (including phenoxy) is 1. The fourth-order valence-electron chi connectivity index (χ4n) is 3.56. The second-order valence-corrected chi connectivity index (χ2v) is 12.0. The van der Waals surface area contributed by atoms with Crippen molar-refractivity contribution in [3.05, 3.63) is 96.6 Å². The number of aryl methyl sites for hydroxylation is 1. The average molecular weight is 594 g/mol. The van der Waals surface area contributed by atoms with Gasteiger partial charge >= 0.3 is 0 Å². The third-order valence-electron chi connectivity index (χ3n) is 5.57. The van der Waals surface area contributed by atoms with Crippen LogP contribution in [0.3, 0.4) is 0 Å². The molecule has 40 heavy (non-hydrogen) atoms. The number of carbonyl (C=O) groups excluding carboxylic acids is 1. The van der Waals surface area contributed by atoms with E-state index in [0.29, 0.717) is 5.56 Å². The van der Waals surface area contributed by atoms with E-state index in [9.17, 15) is 31.2 Å². The molecule has 0 saturated carbocycles. The third kappa shape index (κ3) is 8.16. The number of nitrogens with one attached hydrogen (secondary N) is 1. The average Bonchev–Trinajstić information content (AvgIpc) is 2.93. The predicted molar refractivity (Wildman–Crippen MR) is 142 cm³/mol. The van der Waals surface area contributed by atoms with E-state index in [0.717, 1.165) is 9.87 Å². The summed E-state index contributed by atoms with van der Waals surface area (Å²) in [5.41, 5.74) is 2.68. The first kappa shape index (κ1) is 30.8. The van der Waals surface area contributed by atoms with Crippen LogP contribution in [0.1, 0.15) is 17.5 Å². The molecular formula is C26H28FN3O8S2. The second kappa shape index (κ2) is 13.6. The Morgan fingerprint density at radius 2 is 1.70 bits per heavy atom. The maximum absolute atomic E-state index is 13.8. The molecule has 0 spiro atoms. The first-order valence-electron chi connectivity index (χ1n) is 11.8. The van der Waals surface area contributed by atoms with E-state index < -0.39 is 44.3 Å². The van der Waals surface area contributed by atoms with E-state index >= 15 is 0 Å². The molecule has 0 aliphatic rings. The molecular weight excluding hydrogens is 565 g/mol. The minimum absolute atomic E-state index is 0.00742. The number of sulfonamides is 1. The molecule has 214 valence electrons. The van der Waals surface area contributed by atoms with Gasteiger partial charge in [0.15, 0.2) is 0 Å². The highest BCUT2D eigenvalue weighted by Crippen LogP contribution is 2.26. The number of rotatable bonds is 14. The molecule has 0 aliphatic heterocycles. The molecule has 3 aromatic rings. The highest BCUT2D eigenvalue weighted by molar-refractivity contribution is 7.89. The Kier molecular flexibility index (Phi) is 10.5. The van der Waals surface area contributed by atoms with E-state index in [1.165, 1.54) is 54.3 Å². The number of aromatic nitrogens is 1. The molecule has 1 amide bonds. The number of hydroxylamine groups is 1. The molecule has 0 fully saturated rings. The standard InChI is InChI=1S/C26H28FN3O8S2/c1-19-5-9-24(10-6-19)40(35,36)38-15-14-37-22-7-11-23(12-8-22)39(33,34)30(18-21-4-3-13-28-17-21)25(16-20(2)27)26(31)29-32/h3-13,17,25,32H,2,14-16,18H2,1H3,(H,29,31)/t25-/m1/s1. The van der Waals surface area contributed by atoms with Crippen LogP contribution in [-0.2, 0) is 35.7 Å². The van der Waals surface area contributed by atoms with Gasteiger partial charge in [0.1, 0.15) is 25.0 Å². The summed E-state index contributed by atoms with van der Waals surface area (Å²) in [4.78, 5) is 16.1. The van der Waals surface area contributed by atoms with Crippen LogP contribution in [0.15, 0.2) is 95.3 Å². The van der Waals surface area contributed by atoms with Crippen molar-refractivity contribution < 1.29 is 40.1 Å². The molecule has 1 atom stereocenters. The Morgan fingerprint density at radius 1 is 1.05 bits per heavy atom. The van der Waals surface area contributed by atoms with Gasteiger partial charge in [0, 0.05) is 25.4 Å². The minimum atomic E-state index is -4.43. The first-order valence-corrected chi connectivity index (χ1v) is 14.7. The maximum Gasteiger partial charge on any atom is 0.297 e. The Balaban J connectivity index is 1.74. The summed E-state index contributed by atoms with van der Waals surface area (Å²) in [6.45, 7) is 4.14. The largest absolute Gasteiger partial charge is 0.491 e. The van der Waals surface area contributed by atoms with Crippen LogP contribution in [0, 0.1) is 6.92 Å². The van der Waals surface area contributed by atoms with Gasteiger partial charge in [-0.15, -0.1) is 0 Å². The number of hydrogen-bond donors (Lipinski definition) is 2. The molecule has 0 saturated heterocycles. The van der Waals surface area contributed by atoms with Gasteiger partial charge < -0.3 is 4.74 Å². The number of pyridine rings is 1. The van der Waals surface area contributed by atoms with E-state index in [1.54, 1.807) is 24.3 Å². The topological polar surface area (TPSA) is 152 Å². The number of amides is 1. The molecule has 0 radical (unpaired) electrons. The predicted octanol–water partition coefficient (Wildman–Crippen LogP) is 3.11. The summed E-state index contributed by atoms with van der Waals surface area (Å²) in [5, 5.41) is 9.18. The number of carbonyl (C=O) groups is 1. The molecule has 1 aromatic heterocycles. The Labute approximate surface area is 232 Å². The van der Waals surface area contributed by atoms with Crippen molar-refractivity contribution in [1.82, 2.24) is 14.8 Å². The van der Waals surface area contributed by atoms with Crippen LogP contribution in [0.25, 0.3) is 0 Å². The van der Waals surface area contributed by atoms with Crippen LogP contribution in [0.5, 0.6) is 5.75 Å². The van der Waals surface area contributed by atoms with E-state index in [-0.39, 0.29) is 35.3 Å². The van der Waals surface area contributed by atoms with Crippen LogP contribution < -0.4 is 10.2 Å². The highest BCUT2D eigenvalue weighted by atomic mass is 32.2. The zero-order chi connectivity index (χ0) is 29.3. The molecule has 11 nitrogen and oxygen atoms in total. The lowest BCUT2D eigenvalue weighted by atomic mass is 10.1. The SMILES string of the molecule is C=C(F)C[C@H](C(=O)NO)N(Cc1cccnc1)S(=O)(=O)c1ccc(OCCOS(=O)(=O)c2ccc(C)cc2)cc1. The van der Waals surface area contributed by atoms with Gasteiger partial charge in [-0.3, -0.25) is 19.2 Å². The van der Waals surface area contributed by atoms with E-state index in [4.69, 9.17) is 8.92 Å². The van der Waals surface area contributed by atoms with E-state index in [1.807, 2.05) is 6.92 Å². The third-order valence-corrected chi connectivity index (χ3v) is 8.76. The smallest absolute Gasteiger partial charge is 0.297 e. The lowest BCUT2D eigenvalue weighted by Gasteiger charge is -2.29. The zero-order valence-electron chi connectivity index (χ0n) is 21.4. The van der Waals surface area contributed by atoms with Gasteiger partial charge in [-0.2, -0.15) is 12.7 Å². The second-order valence-electron chi connectivity index (χ2n) is 8.53. The van der Waals surface area contributed by atoms with Crippen molar-refractivity contribution >= 4 is 26.0 Å². The summed E-state index contributed by atoms with van der Waals surface area (Å²) < 4.78 is 76.7. The van der Waals surface area contributed by atoms with Gasteiger partial charge in [0.25, 0.3) is 16.0 Å². The number of nitrogens with zero attached hydrogens (tertiary/aromatic N) is 2. The first-order chi connectivity index (χ1) is 18.9. The molecule has 2 N–H and O–H groups in total. The van der Waals surface area contributed by atoms with E-state index in [2.05, 4.69) is 11.6 Å². The molecule has 1 heterocycles. The van der Waals surface area contributed by atoms with Gasteiger partial charge in [-0.25, -0.2) is 18.3 Å². The molecule has 3 rings (SSSR count). The Hall–Kier alpha value is -3.69. The van der Waals surface area contributed by atoms with Crippen molar-refractivity contribution in [3.8, 4) is 5.75 Å². The maximum atomic E-state index is 13.8. The summed E-state index contributed by atoms with van der Waals surface area (Å²) in [5.74, 6) is -1.89. The monoisotopic (exact) mass is 593 g/mol. The quantitative estimate of drug-likeness (QED) is 0.124. The van der Waals surface area contributed by atoms with Crippen molar-refractivity contribution in [1.29, 1.82) is 0 Å². The molecule has 0 aliphatic carbocycles. The van der Waals surface area contributed by atoms with Crippen LogP contribution in [0.2, 0.25) is 0 Å². The summed E-state index contributed by atoms with van der Waals surface area (Å²) in [6, 6.07) is 12.7. The van der Waals surface area contributed by atoms with Gasteiger partial charge in [0.05, 0.1) is 15.6 Å². The summed E-state index contributed by atoms with van der Waals surface area (Å²) in [6.07, 6.45) is 2.17. The minimum Gasteiger partial charge on any atom is -0.491 e. The lowest BCUT2D eigenvalue weighted by molar-refractivity contribution is -0.133. The normalized spacial score (nSPS) is 12.6. The summed E-state index contributed by atoms with van der Waals surface area (Å²) >= 11 is 0. The molecule has 2 aromatic carbocycles. The Morgan fingerprint density at radius 3 is 2.27 bits per heavy atom. The molecule has 14 heteroatoms. The van der Waals surface area contributed by atoms with Crippen molar-refractivity contribution in [2.75, 3.05) is 13.2 Å². The van der Waals surface area contributed by atoms with Crippen LogP contribution >= 0.6 is 0 Å². The fourth-order valence-corrected chi connectivity index (χ4v) is 6.03. The lowest BCUT2D eigenvalue weighted by Crippen LogP contribution is -2.48. The zero-order valence-corrected chi connectivity index (χ0v) is 23.1. The van der Waals surface area contributed by atoms with Crippen molar-refractivity contribution in [2.45, 2.75) is 35.7 Å². The molecule has 0 bridgehead atoms. The van der Waals surface area contributed by atoms with Crippen molar-refractivity contribution in [3.63, 3.8) is 0 Å². The highest BCUT2D eigenvalue weighted by Gasteiger charge is 2.36. The van der Waals surface area contributed by atoms with Crippen LogP contribution in [-0.4, -0.2) is 56.5 Å². The molecule has 0 unspecified atom stereocenters. The van der Waals surface area contributed by atoms with Gasteiger partial charge in [-0.05, 0) is 55.0 Å². The number of hydrogen-bond acceptors (Lipinski definition) is 9. The number of benzene rings is 2. The Bertz CT molecular complexity index is 1520. The fraction of sp³-hybridized carbons (Fsp3) is 0.231. The van der Waals surface area contributed by atoms with Gasteiger partial charge in [0.2, 0.25) is 10.0 Å². The summed E-state index contributed by atoms with van der Waals surface area (Å²) in [7, 11) is -8.40. The van der Waals surface area contributed by atoms with Gasteiger partial charge in [-0.1, -0.05) is 30.3 Å². The van der Waals surface area contributed by atoms with Crippen LogP contribution in [0.4, 0.5) is 4.39 Å².